The van der Waals surface area contributed by atoms with E-state index in [0.717, 1.165) is 12.8 Å². The quantitative estimate of drug-likeness (QED) is 0.910. The van der Waals surface area contributed by atoms with E-state index in [1.807, 2.05) is 0 Å². The summed E-state index contributed by atoms with van der Waals surface area (Å²) in [5.74, 6) is 0.465. The standard InChI is InChI=1S/C12H16ClN3O3S/c1-14-12-11(13)4-10(5-15-12)20(17,18)16-6-8-2-3-9(7-16)19-8/h4-5,8-9H,2-3,6-7H2,1H3,(H,14,15). The second-order valence-corrected chi connectivity index (χ2v) is 7.38. The molecule has 2 saturated heterocycles. The number of hydrogen-bond acceptors (Lipinski definition) is 5. The van der Waals surface area contributed by atoms with Gasteiger partial charge in [-0.1, -0.05) is 11.6 Å². The van der Waals surface area contributed by atoms with Crippen molar-refractivity contribution in [2.75, 3.05) is 25.5 Å². The van der Waals surface area contributed by atoms with Crippen molar-refractivity contribution in [2.45, 2.75) is 29.9 Å². The number of rotatable bonds is 3. The van der Waals surface area contributed by atoms with Crippen molar-refractivity contribution in [1.29, 1.82) is 0 Å². The van der Waals surface area contributed by atoms with Gasteiger partial charge in [-0.05, 0) is 18.9 Å². The highest BCUT2D eigenvalue weighted by molar-refractivity contribution is 7.89. The van der Waals surface area contributed by atoms with Crippen molar-refractivity contribution in [3.63, 3.8) is 0 Å². The first kappa shape index (κ1) is 14.1. The Morgan fingerprint density at radius 3 is 2.60 bits per heavy atom. The summed E-state index contributed by atoms with van der Waals surface area (Å²) in [6.07, 6.45) is 3.22. The smallest absolute Gasteiger partial charge is 0.244 e. The van der Waals surface area contributed by atoms with Crippen LogP contribution in [0.4, 0.5) is 5.82 Å². The van der Waals surface area contributed by atoms with Crippen molar-refractivity contribution < 1.29 is 13.2 Å². The number of aromatic nitrogens is 1. The zero-order chi connectivity index (χ0) is 14.3. The van der Waals surface area contributed by atoms with Gasteiger partial charge in [0.05, 0.1) is 17.2 Å². The van der Waals surface area contributed by atoms with Gasteiger partial charge in [-0.15, -0.1) is 0 Å². The van der Waals surface area contributed by atoms with E-state index in [2.05, 4.69) is 10.3 Å². The summed E-state index contributed by atoms with van der Waals surface area (Å²) in [6, 6.07) is 1.44. The third-order valence-electron chi connectivity index (χ3n) is 3.70. The average molecular weight is 318 g/mol. The average Bonchev–Trinajstić information content (AvgIpc) is 2.77. The van der Waals surface area contributed by atoms with Gasteiger partial charge in [0.1, 0.15) is 10.7 Å². The third kappa shape index (κ3) is 2.39. The van der Waals surface area contributed by atoms with Gasteiger partial charge in [-0.25, -0.2) is 13.4 Å². The van der Waals surface area contributed by atoms with E-state index in [0.29, 0.717) is 23.9 Å². The van der Waals surface area contributed by atoms with Gasteiger partial charge in [0.15, 0.2) is 0 Å². The zero-order valence-electron chi connectivity index (χ0n) is 11.0. The van der Waals surface area contributed by atoms with E-state index in [1.54, 1.807) is 7.05 Å². The van der Waals surface area contributed by atoms with Crippen molar-refractivity contribution in [2.24, 2.45) is 0 Å². The normalized spacial score (nSPS) is 26.7. The molecule has 0 aliphatic carbocycles. The number of ether oxygens (including phenoxy) is 1. The van der Waals surface area contributed by atoms with Crippen LogP contribution < -0.4 is 5.32 Å². The lowest BCUT2D eigenvalue weighted by atomic mass is 10.2. The van der Waals surface area contributed by atoms with E-state index in [1.165, 1.54) is 16.6 Å². The van der Waals surface area contributed by atoms with Crippen LogP contribution in [0.15, 0.2) is 17.2 Å². The molecule has 1 aromatic heterocycles. The lowest BCUT2D eigenvalue weighted by molar-refractivity contribution is -0.0114. The van der Waals surface area contributed by atoms with Gasteiger partial charge in [0.2, 0.25) is 10.0 Å². The highest BCUT2D eigenvalue weighted by atomic mass is 35.5. The largest absolute Gasteiger partial charge is 0.372 e. The van der Waals surface area contributed by atoms with Crippen molar-refractivity contribution in [3.05, 3.63) is 17.3 Å². The predicted molar refractivity (Wildman–Crippen MR) is 75.4 cm³/mol. The Morgan fingerprint density at radius 1 is 1.40 bits per heavy atom. The Kier molecular flexibility index (Phi) is 3.62. The van der Waals surface area contributed by atoms with Crippen molar-refractivity contribution in [1.82, 2.24) is 9.29 Å². The fourth-order valence-corrected chi connectivity index (χ4v) is 4.47. The van der Waals surface area contributed by atoms with Gasteiger partial charge in [0, 0.05) is 26.3 Å². The van der Waals surface area contributed by atoms with Gasteiger partial charge in [-0.3, -0.25) is 0 Å². The topological polar surface area (TPSA) is 71.5 Å². The van der Waals surface area contributed by atoms with Crippen LogP contribution in [-0.4, -0.2) is 50.1 Å². The molecule has 8 heteroatoms. The molecule has 0 spiro atoms. The lowest BCUT2D eigenvalue weighted by Gasteiger charge is -2.31. The Balaban J connectivity index is 1.90. The van der Waals surface area contributed by atoms with E-state index in [-0.39, 0.29) is 17.1 Å². The number of morpholine rings is 1. The highest BCUT2D eigenvalue weighted by Crippen LogP contribution is 2.31. The maximum absolute atomic E-state index is 12.6. The minimum absolute atomic E-state index is 0.0172. The summed E-state index contributed by atoms with van der Waals surface area (Å²) >= 11 is 6.01. The molecule has 1 aromatic rings. The molecule has 0 saturated carbocycles. The van der Waals surface area contributed by atoms with Crippen LogP contribution in [0.3, 0.4) is 0 Å². The number of fused-ring (bicyclic) bond motifs is 2. The number of halogens is 1. The fourth-order valence-electron chi connectivity index (χ4n) is 2.67. The first-order valence-electron chi connectivity index (χ1n) is 6.49. The van der Waals surface area contributed by atoms with Gasteiger partial charge >= 0.3 is 0 Å². The predicted octanol–water partition coefficient (Wildman–Crippen LogP) is 1.33. The van der Waals surface area contributed by atoms with Crippen LogP contribution in [-0.2, 0) is 14.8 Å². The molecule has 2 aliphatic heterocycles. The minimum Gasteiger partial charge on any atom is -0.372 e. The Bertz CT molecular complexity index is 610. The molecule has 2 fully saturated rings. The fraction of sp³-hybridized carbons (Fsp3) is 0.583. The van der Waals surface area contributed by atoms with Crippen LogP contribution in [0, 0.1) is 0 Å². The van der Waals surface area contributed by atoms with Gasteiger partial charge in [0.25, 0.3) is 0 Å². The number of anilines is 1. The summed E-state index contributed by atoms with van der Waals surface area (Å²) in [5.41, 5.74) is 0. The molecule has 1 N–H and O–H groups in total. The van der Waals surface area contributed by atoms with E-state index < -0.39 is 10.0 Å². The molecule has 2 atom stereocenters. The minimum atomic E-state index is -3.56. The second-order valence-electron chi connectivity index (χ2n) is 5.03. The highest BCUT2D eigenvalue weighted by Gasteiger charge is 2.39. The van der Waals surface area contributed by atoms with Crippen molar-refractivity contribution in [3.8, 4) is 0 Å². The van der Waals surface area contributed by atoms with Gasteiger partial charge < -0.3 is 10.1 Å². The van der Waals surface area contributed by atoms with Crippen LogP contribution in [0.25, 0.3) is 0 Å². The lowest BCUT2D eigenvalue weighted by Crippen LogP contribution is -2.45. The number of pyridine rings is 1. The molecule has 3 heterocycles. The van der Waals surface area contributed by atoms with Crippen molar-refractivity contribution >= 4 is 27.4 Å². The third-order valence-corrected chi connectivity index (χ3v) is 5.79. The van der Waals surface area contributed by atoms with E-state index in [4.69, 9.17) is 16.3 Å². The molecule has 0 aromatic carbocycles. The number of sulfonamides is 1. The Labute approximate surface area is 123 Å². The molecule has 3 rings (SSSR count). The van der Waals surface area contributed by atoms with Crippen LogP contribution in [0.2, 0.25) is 5.02 Å². The van der Waals surface area contributed by atoms with Crippen LogP contribution >= 0.6 is 11.6 Å². The molecular formula is C12H16ClN3O3S. The van der Waals surface area contributed by atoms with Crippen LogP contribution in [0.1, 0.15) is 12.8 Å². The molecule has 110 valence electrons. The number of hydrogen-bond donors (Lipinski definition) is 1. The first-order valence-corrected chi connectivity index (χ1v) is 8.31. The molecule has 0 radical (unpaired) electrons. The zero-order valence-corrected chi connectivity index (χ0v) is 12.6. The number of nitrogens with zero attached hydrogens (tertiary/aromatic N) is 2. The summed E-state index contributed by atoms with van der Waals surface area (Å²) in [5, 5.41) is 3.10. The molecule has 6 nitrogen and oxygen atoms in total. The maximum Gasteiger partial charge on any atom is 0.244 e. The Hall–Kier alpha value is -0.890. The molecule has 2 aliphatic rings. The summed E-state index contributed by atoms with van der Waals surface area (Å²) in [7, 11) is -1.87. The first-order chi connectivity index (χ1) is 9.50. The molecule has 2 bridgehead atoms. The maximum atomic E-state index is 12.6. The number of nitrogens with one attached hydrogen (secondary N) is 1. The molecule has 0 amide bonds. The summed E-state index contributed by atoms with van der Waals surface area (Å²) in [4.78, 5) is 4.16. The molecule has 20 heavy (non-hydrogen) atoms. The monoisotopic (exact) mass is 317 g/mol. The SMILES string of the molecule is CNc1ncc(S(=O)(=O)N2CC3CCC(C2)O3)cc1Cl. The summed E-state index contributed by atoms with van der Waals surface area (Å²) in [6.45, 7) is 0.814. The van der Waals surface area contributed by atoms with Gasteiger partial charge in [-0.2, -0.15) is 4.31 Å². The van der Waals surface area contributed by atoms with E-state index >= 15 is 0 Å². The van der Waals surface area contributed by atoms with Crippen LogP contribution in [0.5, 0.6) is 0 Å². The Morgan fingerprint density at radius 2 is 2.05 bits per heavy atom. The molecule has 2 unspecified atom stereocenters. The second kappa shape index (κ2) is 5.14. The van der Waals surface area contributed by atoms with E-state index in [9.17, 15) is 8.42 Å². The summed E-state index contributed by atoms with van der Waals surface area (Å²) < 4.78 is 32.4. The molecular weight excluding hydrogens is 302 g/mol.